The molecule has 166 valence electrons. The summed E-state index contributed by atoms with van der Waals surface area (Å²) in [7, 11) is 0. The van der Waals surface area contributed by atoms with Crippen molar-refractivity contribution in [3.63, 3.8) is 0 Å². The third-order valence-electron chi connectivity index (χ3n) is 5.89. The first-order chi connectivity index (χ1) is 15.8. The summed E-state index contributed by atoms with van der Waals surface area (Å²) in [6.07, 6.45) is 12.4. The Kier molecular flexibility index (Phi) is 10.0. The lowest BCUT2D eigenvalue weighted by molar-refractivity contribution is 0.148. The minimum Gasteiger partial charge on any atom is -0.373 e. The lowest BCUT2D eigenvalue weighted by atomic mass is 9.98. The summed E-state index contributed by atoms with van der Waals surface area (Å²) in [5.74, 6) is 0. The van der Waals surface area contributed by atoms with Gasteiger partial charge in [-0.1, -0.05) is 91.0 Å². The minimum absolute atomic E-state index is 0.672. The highest BCUT2D eigenvalue weighted by molar-refractivity contribution is 5.30. The minimum atomic E-state index is 0.672. The predicted octanol–water partition coefficient (Wildman–Crippen LogP) is 7.47. The number of hydrogen-bond acceptors (Lipinski definition) is 1. The largest absolute Gasteiger partial charge is 0.373 e. The molecular weight excluding hydrogens is 388 g/mol. The van der Waals surface area contributed by atoms with Crippen molar-refractivity contribution in [2.75, 3.05) is 6.61 Å². The van der Waals surface area contributed by atoms with E-state index in [0.29, 0.717) is 13.2 Å². The number of allylic oxidation sites excluding steroid dienone is 2. The summed E-state index contributed by atoms with van der Waals surface area (Å²) in [6, 6.07) is 26.8. The van der Waals surface area contributed by atoms with Crippen LogP contribution in [-0.4, -0.2) is 6.61 Å². The first-order valence-corrected chi connectivity index (χ1v) is 11.8. The highest BCUT2D eigenvalue weighted by atomic mass is 16.5. The van der Waals surface area contributed by atoms with Crippen molar-refractivity contribution in [3.05, 3.63) is 131 Å². The van der Waals surface area contributed by atoms with Crippen LogP contribution in [0.1, 0.15) is 46.7 Å². The molecule has 0 spiro atoms. The summed E-state index contributed by atoms with van der Waals surface area (Å²) in [6.45, 7) is 7.17. The molecule has 0 fully saturated rings. The van der Waals surface area contributed by atoms with Crippen molar-refractivity contribution >= 4 is 0 Å². The van der Waals surface area contributed by atoms with Gasteiger partial charge in [-0.3, -0.25) is 0 Å². The Hall–Kier alpha value is -2.90. The molecule has 0 aliphatic carbocycles. The zero-order chi connectivity index (χ0) is 22.4. The van der Waals surface area contributed by atoms with Gasteiger partial charge in [-0.15, -0.1) is 6.58 Å². The fourth-order valence-corrected chi connectivity index (χ4v) is 3.86. The van der Waals surface area contributed by atoms with Gasteiger partial charge in [0.2, 0.25) is 0 Å². The van der Waals surface area contributed by atoms with E-state index in [1.165, 1.54) is 33.4 Å². The molecule has 32 heavy (non-hydrogen) atoms. The Labute approximate surface area is 194 Å². The van der Waals surface area contributed by atoms with Crippen LogP contribution in [0.3, 0.4) is 0 Å². The van der Waals surface area contributed by atoms with Crippen LogP contribution in [0.5, 0.6) is 0 Å². The summed E-state index contributed by atoms with van der Waals surface area (Å²) < 4.78 is 5.76. The van der Waals surface area contributed by atoms with Crippen molar-refractivity contribution in [3.8, 4) is 0 Å². The highest BCUT2D eigenvalue weighted by Gasteiger charge is 2.04. The van der Waals surface area contributed by atoms with Crippen LogP contribution in [0.15, 0.2) is 97.6 Å². The topological polar surface area (TPSA) is 9.23 Å². The van der Waals surface area contributed by atoms with Gasteiger partial charge in [0.25, 0.3) is 0 Å². The first-order valence-electron chi connectivity index (χ1n) is 11.8. The summed E-state index contributed by atoms with van der Waals surface area (Å²) in [5.41, 5.74) is 8.28. The zero-order valence-corrected chi connectivity index (χ0v) is 19.4. The van der Waals surface area contributed by atoms with Crippen molar-refractivity contribution in [1.82, 2.24) is 0 Å². The number of aryl methyl sites for hydroxylation is 5. The fourth-order valence-electron chi connectivity index (χ4n) is 3.86. The van der Waals surface area contributed by atoms with Gasteiger partial charge in [0, 0.05) is 0 Å². The van der Waals surface area contributed by atoms with Gasteiger partial charge in [-0.2, -0.15) is 0 Å². The molecule has 3 rings (SSSR count). The van der Waals surface area contributed by atoms with Crippen LogP contribution in [0.4, 0.5) is 0 Å². The number of hydrogen-bond donors (Lipinski definition) is 0. The van der Waals surface area contributed by atoms with Crippen LogP contribution in [-0.2, 0) is 43.4 Å². The van der Waals surface area contributed by atoms with Crippen LogP contribution in [0.25, 0.3) is 0 Å². The summed E-state index contributed by atoms with van der Waals surface area (Å²) >= 11 is 0. The number of ether oxygens (including phenoxy) is 1. The van der Waals surface area contributed by atoms with E-state index in [2.05, 4.69) is 79.4 Å². The Bertz CT molecular complexity index is 964. The summed E-state index contributed by atoms with van der Waals surface area (Å²) in [4.78, 5) is 0. The molecular formula is C31H36O. The second-order valence-corrected chi connectivity index (χ2v) is 8.31. The average molecular weight is 425 g/mol. The van der Waals surface area contributed by atoms with Gasteiger partial charge in [0.1, 0.15) is 0 Å². The second kappa shape index (κ2) is 13.5. The molecule has 1 nitrogen and oxygen atoms in total. The van der Waals surface area contributed by atoms with Gasteiger partial charge in [0.15, 0.2) is 0 Å². The zero-order valence-electron chi connectivity index (χ0n) is 19.4. The third-order valence-corrected chi connectivity index (χ3v) is 5.89. The maximum Gasteiger partial charge on any atom is 0.0723 e. The second-order valence-electron chi connectivity index (χ2n) is 8.31. The van der Waals surface area contributed by atoms with Gasteiger partial charge < -0.3 is 4.74 Å². The summed E-state index contributed by atoms with van der Waals surface area (Å²) in [5, 5.41) is 0. The predicted molar refractivity (Wildman–Crippen MR) is 137 cm³/mol. The molecule has 3 aromatic rings. The van der Waals surface area contributed by atoms with Crippen molar-refractivity contribution in [2.45, 2.75) is 52.1 Å². The van der Waals surface area contributed by atoms with E-state index in [0.717, 1.165) is 38.5 Å². The highest BCUT2D eigenvalue weighted by Crippen LogP contribution is 2.16. The molecule has 0 heterocycles. The smallest absolute Gasteiger partial charge is 0.0723 e. The Morgan fingerprint density at radius 2 is 1.16 bits per heavy atom. The Morgan fingerprint density at radius 1 is 0.656 bits per heavy atom. The van der Waals surface area contributed by atoms with Gasteiger partial charge in [-0.05, 0) is 78.8 Å². The SMILES string of the molecule is C=CCCc1ccc(CCc2ccc(CCc3ccccc3COC/C=C/C)cc2)cc1. The van der Waals surface area contributed by atoms with E-state index >= 15 is 0 Å². The van der Waals surface area contributed by atoms with Gasteiger partial charge in [-0.25, -0.2) is 0 Å². The van der Waals surface area contributed by atoms with E-state index in [1.807, 2.05) is 25.2 Å². The maximum absolute atomic E-state index is 5.76. The molecule has 0 saturated heterocycles. The maximum atomic E-state index is 5.76. The first kappa shape index (κ1) is 23.8. The normalized spacial score (nSPS) is 11.2. The Balaban J connectivity index is 1.47. The quantitative estimate of drug-likeness (QED) is 0.204. The van der Waals surface area contributed by atoms with E-state index in [9.17, 15) is 0 Å². The van der Waals surface area contributed by atoms with Crippen LogP contribution < -0.4 is 0 Å². The molecule has 3 aromatic carbocycles. The Morgan fingerprint density at radius 3 is 1.69 bits per heavy atom. The van der Waals surface area contributed by atoms with E-state index in [4.69, 9.17) is 4.74 Å². The van der Waals surface area contributed by atoms with Crippen LogP contribution in [0.2, 0.25) is 0 Å². The lowest BCUT2D eigenvalue weighted by Gasteiger charge is -2.10. The molecule has 0 bridgehead atoms. The molecule has 0 aliphatic heterocycles. The molecule has 0 saturated carbocycles. The number of rotatable bonds is 13. The molecule has 0 amide bonds. The van der Waals surface area contributed by atoms with Gasteiger partial charge >= 0.3 is 0 Å². The van der Waals surface area contributed by atoms with E-state index in [1.54, 1.807) is 0 Å². The van der Waals surface area contributed by atoms with Gasteiger partial charge in [0.05, 0.1) is 13.2 Å². The average Bonchev–Trinajstić information content (AvgIpc) is 2.84. The fraction of sp³-hybridized carbons (Fsp3) is 0.290. The van der Waals surface area contributed by atoms with Crippen LogP contribution in [0, 0.1) is 0 Å². The molecule has 1 heteroatoms. The standard InChI is InChI=1S/C31H36O/c1-3-5-9-26-12-14-27(15-13-26)16-17-28-18-20-29(21-19-28)22-23-30-10-7-8-11-31(30)25-32-24-6-4-2/h3-4,6-8,10-15,18-21H,1,5,9,16-17,22-25H2,2H3/b6-4+. The van der Waals surface area contributed by atoms with E-state index in [-0.39, 0.29) is 0 Å². The molecule has 0 aliphatic rings. The molecule has 0 unspecified atom stereocenters. The molecule has 0 atom stereocenters. The van der Waals surface area contributed by atoms with Crippen molar-refractivity contribution < 1.29 is 4.74 Å². The monoisotopic (exact) mass is 424 g/mol. The van der Waals surface area contributed by atoms with Crippen molar-refractivity contribution in [2.24, 2.45) is 0 Å². The van der Waals surface area contributed by atoms with E-state index < -0.39 is 0 Å². The molecule has 0 N–H and O–H groups in total. The number of benzene rings is 3. The lowest BCUT2D eigenvalue weighted by Crippen LogP contribution is -2.00. The third kappa shape index (κ3) is 7.98. The van der Waals surface area contributed by atoms with Crippen molar-refractivity contribution in [1.29, 1.82) is 0 Å². The molecule has 0 aromatic heterocycles. The van der Waals surface area contributed by atoms with Crippen LogP contribution >= 0.6 is 0 Å². The molecule has 0 radical (unpaired) electrons.